The van der Waals surface area contributed by atoms with Crippen LogP contribution in [0.2, 0.25) is 0 Å². The largest absolute Gasteiger partial charge is 0.362 e. The van der Waals surface area contributed by atoms with Gasteiger partial charge in [0, 0.05) is 25.6 Å². The molecular formula is C12H21N3O3S2. The Hall–Kier alpha value is -1.15. The number of sulfone groups is 1. The highest BCUT2D eigenvalue weighted by molar-refractivity contribution is 7.91. The van der Waals surface area contributed by atoms with E-state index in [9.17, 15) is 13.2 Å². The van der Waals surface area contributed by atoms with Gasteiger partial charge in [-0.3, -0.25) is 4.79 Å². The summed E-state index contributed by atoms with van der Waals surface area (Å²) in [7, 11) is -2.96. The number of rotatable bonds is 6. The maximum Gasteiger partial charge on any atom is 0.222 e. The molecule has 3 N–H and O–H groups in total. The van der Waals surface area contributed by atoms with Crippen LogP contribution in [0.3, 0.4) is 0 Å². The fraction of sp³-hybridized carbons (Fsp3) is 0.667. The number of nitrogens with one attached hydrogen (secondary N) is 3. The van der Waals surface area contributed by atoms with Gasteiger partial charge in [0.1, 0.15) is 0 Å². The van der Waals surface area contributed by atoms with E-state index in [0.717, 1.165) is 5.57 Å². The normalized spacial score (nSPS) is 20.1. The summed E-state index contributed by atoms with van der Waals surface area (Å²) in [6.45, 7) is 6.63. The van der Waals surface area contributed by atoms with E-state index in [-0.39, 0.29) is 29.9 Å². The maximum absolute atomic E-state index is 11.6. The van der Waals surface area contributed by atoms with Gasteiger partial charge in [-0.05, 0) is 25.6 Å². The lowest BCUT2D eigenvalue weighted by Crippen LogP contribution is -2.40. The van der Waals surface area contributed by atoms with Crippen molar-refractivity contribution in [2.45, 2.75) is 25.8 Å². The van der Waals surface area contributed by atoms with Crippen molar-refractivity contribution in [2.24, 2.45) is 0 Å². The first-order valence-electron chi connectivity index (χ1n) is 6.44. The first-order chi connectivity index (χ1) is 9.28. The highest BCUT2D eigenvalue weighted by atomic mass is 32.2. The van der Waals surface area contributed by atoms with E-state index in [1.807, 2.05) is 6.92 Å². The van der Waals surface area contributed by atoms with Crippen LogP contribution in [0, 0.1) is 0 Å². The molecule has 1 aliphatic heterocycles. The lowest BCUT2D eigenvalue weighted by atomic mass is 10.2. The SMILES string of the molecule is C=C(C)CNC(=S)NCCC(=O)NC1CCS(=O)(=O)C1. The fourth-order valence-electron chi connectivity index (χ4n) is 1.79. The molecule has 0 spiro atoms. The molecule has 6 nitrogen and oxygen atoms in total. The van der Waals surface area contributed by atoms with E-state index in [2.05, 4.69) is 22.5 Å². The summed E-state index contributed by atoms with van der Waals surface area (Å²) in [4.78, 5) is 11.6. The summed E-state index contributed by atoms with van der Waals surface area (Å²) in [6, 6.07) is -0.249. The molecular weight excluding hydrogens is 298 g/mol. The molecule has 0 aromatic rings. The number of carbonyl (C=O) groups is 1. The second-order valence-electron chi connectivity index (χ2n) is 4.98. The number of hydrogen-bond acceptors (Lipinski definition) is 4. The molecule has 0 saturated carbocycles. The predicted octanol–water partition coefficient (Wildman–Crippen LogP) is -0.280. The van der Waals surface area contributed by atoms with Crippen molar-refractivity contribution >= 4 is 33.1 Å². The summed E-state index contributed by atoms with van der Waals surface area (Å²) in [5.74, 6) is 0.0397. The molecule has 1 fully saturated rings. The smallest absolute Gasteiger partial charge is 0.222 e. The zero-order valence-corrected chi connectivity index (χ0v) is 13.2. The lowest BCUT2D eigenvalue weighted by Gasteiger charge is -2.12. The van der Waals surface area contributed by atoms with Gasteiger partial charge in [-0.2, -0.15) is 0 Å². The molecule has 0 aliphatic carbocycles. The Labute approximate surface area is 125 Å². The van der Waals surface area contributed by atoms with Crippen LogP contribution >= 0.6 is 12.2 Å². The average Bonchev–Trinajstić information content (AvgIpc) is 2.66. The third kappa shape index (κ3) is 6.85. The first kappa shape index (κ1) is 16.9. The first-order valence-corrected chi connectivity index (χ1v) is 8.67. The van der Waals surface area contributed by atoms with E-state index in [4.69, 9.17) is 12.2 Å². The summed E-state index contributed by atoms with van der Waals surface area (Å²) in [5.41, 5.74) is 0.967. The summed E-state index contributed by atoms with van der Waals surface area (Å²) in [5, 5.41) is 9.06. The number of amides is 1. The molecule has 1 amide bonds. The van der Waals surface area contributed by atoms with Gasteiger partial charge in [-0.25, -0.2) is 8.42 Å². The molecule has 1 aliphatic rings. The van der Waals surface area contributed by atoms with E-state index >= 15 is 0 Å². The van der Waals surface area contributed by atoms with E-state index in [1.54, 1.807) is 0 Å². The molecule has 1 atom stereocenters. The van der Waals surface area contributed by atoms with Crippen LogP contribution in [0.4, 0.5) is 0 Å². The third-order valence-corrected chi connectivity index (χ3v) is 4.84. The van der Waals surface area contributed by atoms with Crippen LogP contribution in [0.1, 0.15) is 19.8 Å². The Kier molecular flexibility index (Phi) is 6.41. The number of carbonyl (C=O) groups excluding carboxylic acids is 1. The second-order valence-corrected chi connectivity index (χ2v) is 7.62. The lowest BCUT2D eigenvalue weighted by molar-refractivity contribution is -0.121. The zero-order chi connectivity index (χ0) is 15.2. The van der Waals surface area contributed by atoms with Crippen LogP contribution < -0.4 is 16.0 Å². The van der Waals surface area contributed by atoms with Crippen LogP contribution in [-0.2, 0) is 14.6 Å². The second kappa shape index (κ2) is 7.58. The molecule has 20 heavy (non-hydrogen) atoms. The van der Waals surface area contributed by atoms with Crippen LogP contribution in [0.15, 0.2) is 12.2 Å². The van der Waals surface area contributed by atoms with E-state index < -0.39 is 9.84 Å². The van der Waals surface area contributed by atoms with Crippen LogP contribution in [-0.4, -0.2) is 50.1 Å². The standard InChI is InChI=1S/C12H21N3O3S2/c1-9(2)7-14-12(19)13-5-3-11(16)15-10-4-6-20(17,18)8-10/h10H,1,3-8H2,2H3,(H,15,16)(H2,13,14,19). The van der Waals surface area contributed by atoms with Gasteiger partial charge in [0.2, 0.25) is 5.91 Å². The van der Waals surface area contributed by atoms with Crippen molar-refractivity contribution in [3.05, 3.63) is 12.2 Å². The third-order valence-electron chi connectivity index (χ3n) is 2.79. The Bertz CT molecular complexity index is 488. The molecule has 0 aromatic carbocycles. The minimum absolute atomic E-state index is 0.0464. The van der Waals surface area contributed by atoms with Crippen LogP contribution in [0.5, 0.6) is 0 Å². The maximum atomic E-state index is 11.6. The summed E-state index contributed by atoms with van der Waals surface area (Å²) in [6.07, 6.45) is 0.755. The molecule has 8 heteroatoms. The van der Waals surface area contributed by atoms with Gasteiger partial charge in [-0.15, -0.1) is 0 Å². The average molecular weight is 319 g/mol. The highest BCUT2D eigenvalue weighted by Gasteiger charge is 2.28. The van der Waals surface area contributed by atoms with Gasteiger partial charge < -0.3 is 16.0 Å². The van der Waals surface area contributed by atoms with Crippen LogP contribution in [0.25, 0.3) is 0 Å². The minimum atomic E-state index is -2.96. The molecule has 0 radical (unpaired) electrons. The highest BCUT2D eigenvalue weighted by Crippen LogP contribution is 2.11. The van der Waals surface area contributed by atoms with Crippen molar-refractivity contribution in [3.8, 4) is 0 Å². The van der Waals surface area contributed by atoms with Crippen molar-refractivity contribution < 1.29 is 13.2 Å². The predicted molar refractivity (Wildman–Crippen MR) is 83.2 cm³/mol. The zero-order valence-electron chi connectivity index (χ0n) is 11.6. The fourth-order valence-corrected chi connectivity index (χ4v) is 3.64. The molecule has 1 unspecified atom stereocenters. The van der Waals surface area contributed by atoms with Gasteiger partial charge in [0.05, 0.1) is 11.5 Å². The Morgan fingerprint density at radius 3 is 2.65 bits per heavy atom. The summed E-state index contributed by atoms with van der Waals surface area (Å²) < 4.78 is 22.5. The molecule has 0 bridgehead atoms. The van der Waals surface area contributed by atoms with Crippen molar-refractivity contribution in [1.82, 2.24) is 16.0 Å². The molecule has 0 aromatic heterocycles. The van der Waals surface area contributed by atoms with E-state index in [0.29, 0.717) is 24.6 Å². The Morgan fingerprint density at radius 1 is 1.40 bits per heavy atom. The minimum Gasteiger partial charge on any atom is -0.362 e. The Morgan fingerprint density at radius 2 is 2.10 bits per heavy atom. The van der Waals surface area contributed by atoms with Crippen molar-refractivity contribution in [1.29, 1.82) is 0 Å². The monoisotopic (exact) mass is 319 g/mol. The van der Waals surface area contributed by atoms with Crippen molar-refractivity contribution in [3.63, 3.8) is 0 Å². The van der Waals surface area contributed by atoms with Crippen molar-refractivity contribution in [2.75, 3.05) is 24.6 Å². The van der Waals surface area contributed by atoms with Gasteiger partial charge >= 0.3 is 0 Å². The molecule has 1 heterocycles. The summed E-state index contributed by atoms with van der Waals surface area (Å²) >= 11 is 5.02. The van der Waals surface area contributed by atoms with Gasteiger partial charge in [0.25, 0.3) is 0 Å². The van der Waals surface area contributed by atoms with Gasteiger partial charge in [-0.1, -0.05) is 12.2 Å². The van der Waals surface area contributed by atoms with Gasteiger partial charge in [0.15, 0.2) is 14.9 Å². The Balaban J connectivity index is 2.14. The quantitative estimate of drug-likeness (QED) is 0.461. The number of thiocarbonyl (C=S) groups is 1. The molecule has 1 rings (SSSR count). The molecule has 114 valence electrons. The van der Waals surface area contributed by atoms with E-state index in [1.165, 1.54) is 0 Å². The topological polar surface area (TPSA) is 87.3 Å². The number of hydrogen-bond donors (Lipinski definition) is 3. The molecule has 1 saturated heterocycles.